The van der Waals surface area contributed by atoms with Gasteiger partial charge < -0.3 is 9.64 Å². The molecule has 1 heterocycles. The monoisotopic (exact) mass is 295 g/mol. The average Bonchev–Trinajstić information content (AvgIpc) is 2.68. The van der Waals surface area contributed by atoms with Gasteiger partial charge in [-0.3, -0.25) is 4.79 Å². The van der Waals surface area contributed by atoms with Gasteiger partial charge in [-0.2, -0.15) is 0 Å². The highest BCUT2D eigenvalue weighted by Gasteiger charge is 2.41. The highest BCUT2D eigenvalue weighted by atomic mass is 19.3. The zero-order valence-electron chi connectivity index (χ0n) is 11.9. The maximum absolute atomic E-state index is 13.6. The third-order valence-electron chi connectivity index (χ3n) is 4.25. The Morgan fingerprint density at radius 1 is 1.33 bits per heavy atom. The van der Waals surface area contributed by atoms with Crippen LogP contribution < -0.4 is 4.90 Å². The number of hydrogen-bond donors (Lipinski definition) is 0. The normalized spacial score (nSPS) is 25.0. The lowest BCUT2D eigenvalue weighted by atomic mass is 9.85. The van der Waals surface area contributed by atoms with Crippen LogP contribution in [0.4, 0.5) is 14.5 Å². The number of carbonyl (C=O) groups excluding carboxylic acids is 1. The summed E-state index contributed by atoms with van der Waals surface area (Å²) in [5.74, 6) is -3.48. The van der Waals surface area contributed by atoms with Gasteiger partial charge in [-0.1, -0.05) is 18.2 Å². The van der Waals surface area contributed by atoms with E-state index >= 15 is 0 Å². The number of rotatable bonds is 1. The average molecular weight is 295 g/mol. The smallest absolute Gasteiger partial charge is 0.248 e. The van der Waals surface area contributed by atoms with Crippen LogP contribution in [0.2, 0.25) is 0 Å². The molecule has 0 N–H and O–H groups in total. The molecule has 0 spiro atoms. The van der Waals surface area contributed by atoms with E-state index in [0.29, 0.717) is 32.6 Å². The van der Waals surface area contributed by atoms with Gasteiger partial charge in [0.15, 0.2) is 0 Å². The number of ether oxygens (including phenoxy) is 1. The predicted molar refractivity (Wildman–Crippen MR) is 75.4 cm³/mol. The van der Waals surface area contributed by atoms with Crippen molar-refractivity contribution >= 4 is 11.6 Å². The molecule has 1 amide bonds. The van der Waals surface area contributed by atoms with Crippen LogP contribution in [0.3, 0.4) is 0 Å². The van der Waals surface area contributed by atoms with Crippen LogP contribution in [0.25, 0.3) is 0 Å². The van der Waals surface area contributed by atoms with E-state index in [1.807, 2.05) is 24.3 Å². The largest absolute Gasteiger partial charge is 0.375 e. The Morgan fingerprint density at radius 2 is 2.14 bits per heavy atom. The van der Waals surface area contributed by atoms with Gasteiger partial charge in [-0.05, 0) is 18.9 Å². The van der Waals surface area contributed by atoms with E-state index in [9.17, 15) is 13.6 Å². The van der Waals surface area contributed by atoms with E-state index in [2.05, 4.69) is 0 Å². The number of halogens is 2. The molecule has 0 unspecified atom stereocenters. The maximum Gasteiger partial charge on any atom is 0.248 e. The Labute approximate surface area is 122 Å². The van der Waals surface area contributed by atoms with E-state index in [1.165, 1.54) is 0 Å². The number of amides is 1. The van der Waals surface area contributed by atoms with Crippen LogP contribution in [-0.2, 0) is 16.1 Å². The van der Waals surface area contributed by atoms with Crippen molar-refractivity contribution in [1.82, 2.24) is 0 Å². The molecule has 5 heteroatoms. The molecule has 3 nitrogen and oxygen atoms in total. The molecular weight excluding hydrogens is 276 g/mol. The maximum atomic E-state index is 13.6. The van der Waals surface area contributed by atoms with Crippen LogP contribution in [-0.4, -0.2) is 25.0 Å². The molecule has 2 aliphatic rings. The Kier molecular flexibility index (Phi) is 3.93. The lowest BCUT2D eigenvalue weighted by Crippen LogP contribution is -2.41. The van der Waals surface area contributed by atoms with Crippen molar-refractivity contribution in [1.29, 1.82) is 0 Å². The first-order chi connectivity index (χ1) is 10.1. The lowest BCUT2D eigenvalue weighted by Gasteiger charge is -2.32. The number of para-hydroxylation sites is 1. The lowest BCUT2D eigenvalue weighted by molar-refractivity contribution is -0.129. The summed E-state index contributed by atoms with van der Waals surface area (Å²) in [6.45, 7) is 1.32. The molecule has 1 aliphatic carbocycles. The van der Waals surface area contributed by atoms with Crippen molar-refractivity contribution in [2.45, 2.75) is 38.2 Å². The van der Waals surface area contributed by atoms with E-state index in [4.69, 9.17) is 4.74 Å². The summed E-state index contributed by atoms with van der Waals surface area (Å²) in [6, 6.07) is 7.53. The Bertz CT molecular complexity index is 533. The van der Waals surface area contributed by atoms with Crippen LogP contribution in [0.5, 0.6) is 0 Å². The Balaban J connectivity index is 1.84. The number of alkyl halides is 2. The number of nitrogens with zero attached hydrogens (tertiary/aromatic N) is 1. The molecule has 1 saturated carbocycles. The van der Waals surface area contributed by atoms with Gasteiger partial charge in [-0.15, -0.1) is 0 Å². The van der Waals surface area contributed by atoms with Crippen LogP contribution >= 0.6 is 0 Å². The van der Waals surface area contributed by atoms with E-state index in [1.54, 1.807) is 4.90 Å². The molecular formula is C16H19F2NO2. The summed E-state index contributed by atoms with van der Waals surface area (Å²) >= 11 is 0. The number of fused-ring (bicyclic) bond motifs is 1. The van der Waals surface area contributed by atoms with E-state index < -0.39 is 11.8 Å². The van der Waals surface area contributed by atoms with Gasteiger partial charge in [0.1, 0.15) is 0 Å². The van der Waals surface area contributed by atoms with Crippen LogP contribution in [0.1, 0.15) is 31.2 Å². The quantitative estimate of drug-likeness (QED) is 0.795. The molecule has 0 saturated heterocycles. The van der Waals surface area contributed by atoms with Gasteiger partial charge in [0.05, 0.1) is 13.2 Å². The molecule has 0 radical (unpaired) electrons. The van der Waals surface area contributed by atoms with Gasteiger partial charge >= 0.3 is 0 Å². The summed E-state index contributed by atoms with van der Waals surface area (Å²) in [7, 11) is 0. The summed E-state index contributed by atoms with van der Waals surface area (Å²) < 4.78 is 32.6. The van der Waals surface area contributed by atoms with Crippen molar-refractivity contribution in [3.8, 4) is 0 Å². The third-order valence-corrected chi connectivity index (χ3v) is 4.25. The summed E-state index contributed by atoms with van der Waals surface area (Å²) in [5.41, 5.74) is 1.74. The molecule has 21 heavy (non-hydrogen) atoms. The fraction of sp³-hybridized carbons (Fsp3) is 0.562. The third kappa shape index (κ3) is 3.07. The SMILES string of the molecule is O=C([C@@H]1CCCC(F)(F)C1)N1CCOCc2ccccc21. The zero-order valence-corrected chi connectivity index (χ0v) is 11.9. The highest BCUT2D eigenvalue weighted by Crippen LogP contribution is 2.38. The van der Waals surface area contributed by atoms with E-state index in [0.717, 1.165) is 11.3 Å². The second kappa shape index (κ2) is 5.72. The van der Waals surface area contributed by atoms with Gasteiger partial charge in [-0.25, -0.2) is 8.78 Å². The zero-order chi connectivity index (χ0) is 14.9. The van der Waals surface area contributed by atoms with Crippen molar-refractivity contribution in [2.24, 2.45) is 5.92 Å². The second-order valence-electron chi connectivity index (χ2n) is 5.82. The predicted octanol–water partition coefficient (Wildman–Crippen LogP) is 3.38. The minimum atomic E-state index is -2.71. The van der Waals surface area contributed by atoms with E-state index in [-0.39, 0.29) is 18.7 Å². The molecule has 0 aromatic heterocycles. The molecule has 1 aromatic rings. The first kappa shape index (κ1) is 14.4. The number of hydrogen-bond acceptors (Lipinski definition) is 2. The highest BCUT2D eigenvalue weighted by molar-refractivity contribution is 5.96. The number of benzene rings is 1. The summed E-state index contributed by atoms with van der Waals surface area (Å²) in [5, 5.41) is 0. The van der Waals surface area contributed by atoms with Crippen LogP contribution in [0, 0.1) is 5.92 Å². The van der Waals surface area contributed by atoms with Crippen molar-refractivity contribution < 1.29 is 18.3 Å². The summed E-state index contributed by atoms with van der Waals surface area (Å²) in [6.07, 6.45) is 0.533. The van der Waals surface area contributed by atoms with Gasteiger partial charge in [0.25, 0.3) is 0 Å². The Morgan fingerprint density at radius 3 is 2.95 bits per heavy atom. The molecule has 0 bridgehead atoms. The standard InChI is InChI=1S/C16H19F2NO2/c17-16(18)7-3-5-12(10-16)15(20)19-8-9-21-11-13-4-1-2-6-14(13)19/h1-2,4,6,12H,3,5,7-11H2/t12-/m1/s1. The molecule has 114 valence electrons. The first-order valence-corrected chi connectivity index (χ1v) is 7.42. The van der Waals surface area contributed by atoms with Gasteiger partial charge in [0, 0.05) is 36.6 Å². The van der Waals surface area contributed by atoms with Crippen LogP contribution in [0.15, 0.2) is 24.3 Å². The first-order valence-electron chi connectivity index (χ1n) is 7.42. The minimum Gasteiger partial charge on any atom is -0.375 e. The Hall–Kier alpha value is -1.49. The fourth-order valence-electron chi connectivity index (χ4n) is 3.19. The van der Waals surface area contributed by atoms with Gasteiger partial charge in [0.2, 0.25) is 11.8 Å². The molecule has 1 aliphatic heterocycles. The topological polar surface area (TPSA) is 29.5 Å². The molecule has 1 aromatic carbocycles. The summed E-state index contributed by atoms with van der Waals surface area (Å²) in [4.78, 5) is 14.3. The van der Waals surface area contributed by atoms with Crippen molar-refractivity contribution in [3.63, 3.8) is 0 Å². The molecule has 1 atom stereocenters. The minimum absolute atomic E-state index is 0.101. The molecule has 1 fully saturated rings. The number of carbonyl (C=O) groups is 1. The van der Waals surface area contributed by atoms with Crippen molar-refractivity contribution in [2.75, 3.05) is 18.1 Å². The second-order valence-corrected chi connectivity index (χ2v) is 5.82. The van der Waals surface area contributed by atoms with Crippen molar-refractivity contribution in [3.05, 3.63) is 29.8 Å². The number of anilines is 1. The molecule has 3 rings (SSSR count). The fourth-order valence-corrected chi connectivity index (χ4v) is 3.19.